The van der Waals surface area contributed by atoms with Crippen molar-refractivity contribution >= 4 is 11.9 Å². The first-order valence-corrected chi connectivity index (χ1v) is 5.35. The summed E-state index contributed by atoms with van der Waals surface area (Å²) in [5.74, 6) is -1.35. The molecule has 0 radical (unpaired) electrons. The summed E-state index contributed by atoms with van der Waals surface area (Å²) in [6.45, 7) is 0.634. The zero-order chi connectivity index (χ0) is 12.3. The Morgan fingerprint density at radius 3 is 2.88 bits per heavy atom. The topological polar surface area (TPSA) is 55.4 Å². The number of hydrogen-bond acceptors (Lipinski definition) is 3. The van der Waals surface area contributed by atoms with Crippen LogP contribution in [0.1, 0.15) is 16.8 Å². The summed E-state index contributed by atoms with van der Waals surface area (Å²) in [7, 11) is 0. The molecule has 5 heteroatoms. The summed E-state index contributed by atoms with van der Waals surface area (Å²) in [5.41, 5.74) is -0.0789. The Morgan fingerprint density at radius 1 is 1.47 bits per heavy atom. The summed E-state index contributed by atoms with van der Waals surface area (Å²) in [6.07, 6.45) is 0.352. The number of ether oxygens (including phenoxy) is 1. The van der Waals surface area contributed by atoms with Gasteiger partial charge in [0.25, 0.3) is 0 Å². The summed E-state index contributed by atoms with van der Waals surface area (Å²) in [5, 5.41) is 2.64. The van der Waals surface area contributed by atoms with Crippen molar-refractivity contribution in [2.24, 2.45) is 5.92 Å². The summed E-state index contributed by atoms with van der Waals surface area (Å²) >= 11 is 0. The van der Waals surface area contributed by atoms with Gasteiger partial charge in [0.1, 0.15) is 5.82 Å². The molecule has 1 aromatic carbocycles. The minimum atomic E-state index is -0.692. The molecule has 1 aliphatic rings. The highest BCUT2D eigenvalue weighted by molar-refractivity contribution is 5.89. The van der Waals surface area contributed by atoms with Crippen LogP contribution in [-0.4, -0.2) is 25.0 Å². The second-order valence-corrected chi connectivity index (χ2v) is 3.95. The van der Waals surface area contributed by atoms with Gasteiger partial charge in [0.05, 0.1) is 12.2 Å². The molecule has 0 aromatic heterocycles. The Bertz CT molecular complexity index is 447. The lowest BCUT2D eigenvalue weighted by Crippen LogP contribution is -2.18. The third-order valence-corrected chi connectivity index (χ3v) is 2.61. The van der Waals surface area contributed by atoms with E-state index in [1.54, 1.807) is 6.07 Å². The van der Waals surface area contributed by atoms with E-state index in [4.69, 9.17) is 4.74 Å². The van der Waals surface area contributed by atoms with Gasteiger partial charge in [-0.3, -0.25) is 4.79 Å². The van der Waals surface area contributed by atoms with Gasteiger partial charge in [0.2, 0.25) is 5.91 Å². The predicted octanol–water partition coefficient (Wildman–Crippen LogP) is 1.12. The standard InChI is InChI=1S/C12H12FNO3/c13-10-4-2-1-3-9(10)12(16)17-7-8-5-11(15)14-6-8/h1-4,8H,5-7H2,(H,14,15). The molecular weight excluding hydrogens is 225 g/mol. The summed E-state index contributed by atoms with van der Waals surface area (Å²) in [4.78, 5) is 22.4. The van der Waals surface area contributed by atoms with Gasteiger partial charge in [-0.1, -0.05) is 12.1 Å². The number of benzene rings is 1. The monoisotopic (exact) mass is 237 g/mol. The molecule has 0 spiro atoms. The molecule has 1 saturated heterocycles. The number of carbonyl (C=O) groups excluding carboxylic acids is 2. The van der Waals surface area contributed by atoms with Crippen LogP contribution in [0.4, 0.5) is 4.39 Å². The average molecular weight is 237 g/mol. The van der Waals surface area contributed by atoms with Crippen LogP contribution in [0.2, 0.25) is 0 Å². The third kappa shape index (κ3) is 2.81. The Labute approximate surface area is 97.8 Å². The Morgan fingerprint density at radius 2 is 2.24 bits per heavy atom. The fourth-order valence-corrected chi connectivity index (χ4v) is 1.68. The van der Waals surface area contributed by atoms with Crippen LogP contribution >= 0.6 is 0 Å². The van der Waals surface area contributed by atoms with Crippen molar-refractivity contribution in [3.05, 3.63) is 35.6 Å². The molecule has 1 atom stereocenters. The molecule has 2 rings (SSSR count). The maximum absolute atomic E-state index is 13.2. The van der Waals surface area contributed by atoms with E-state index in [2.05, 4.69) is 5.32 Å². The molecule has 17 heavy (non-hydrogen) atoms. The lowest BCUT2D eigenvalue weighted by molar-refractivity contribution is -0.119. The third-order valence-electron chi connectivity index (χ3n) is 2.61. The zero-order valence-corrected chi connectivity index (χ0v) is 9.11. The van der Waals surface area contributed by atoms with E-state index in [0.29, 0.717) is 13.0 Å². The molecule has 0 bridgehead atoms. The lowest BCUT2D eigenvalue weighted by atomic mass is 10.1. The smallest absolute Gasteiger partial charge is 0.341 e. The largest absolute Gasteiger partial charge is 0.462 e. The quantitative estimate of drug-likeness (QED) is 0.801. The molecule has 1 heterocycles. The Balaban J connectivity index is 1.90. The molecule has 0 aliphatic carbocycles. The van der Waals surface area contributed by atoms with E-state index in [9.17, 15) is 14.0 Å². The zero-order valence-electron chi connectivity index (χ0n) is 9.11. The van der Waals surface area contributed by atoms with E-state index < -0.39 is 11.8 Å². The Hall–Kier alpha value is -1.91. The van der Waals surface area contributed by atoms with Gasteiger partial charge in [-0.05, 0) is 12.1 Å². The number of esters is 1. The molecule has 90 valence electrons. The normalized spacial score (nSPS) is 18.9. The number of halogens is 1. The van der Waals surface area contributed by atoms with Crippen LogP contribution in [0.3, 0.4) is 0 Å². The van der Waals surface area contributed by atoms with Crippen molar-refractivity contribution in [3.8, 4) is 0 Å². The highest BCUT2D eigenvalue weighted by Gasteiger charge is 2.23. The van der Waals surface area contributed by atoms with Crippen molar-refractivity contribution in [3.63, 3.8) is 0 Å². The van der Waals surface area contributed by atoms with Crippen molar-refractivity contribution < 1.29 is 18.7 Å². The van der Waals surface area contributed by atoms with Crippen LogP contribution in [0, 0.1) is 11.7 Å². The van der Waals surface area contributed by atoms with Crippen LogP contribution in [0.5, 0.6) is 0 Å². The second kappa shape index (κ2) is 4.95. The van der Waals surface area contributed by atoms with Crippen LogP contribution in [-0.2, 0) is 9.53 Å². The highest BCUT2D eigenvalue weighted by Crippen LogP contribution is 2.12. The number of carbonyl (C=O) groups is 2. The van der Waals surface area contributed by atoms with Crippen molar-refractivity contribution in [1.29, 1.82) is 0 Å². The molecular formula is C12H12FNO3. The van der Waals surface area contributed by atoms with Gasteiger partial charge >= 0.3 is 5.97 Å². The molecule has 1 N–H and O–H groups in total. The molecule has 1 amide bonds. The van der Waals surface area contributed by atoms with Gasteiger partial charge < -0.3 is 10.1 Å². The average Bonchev–Trinajstić information content (AvgIpc) is 2.73. The number of rotatable bonds is 3. The van der Waals surface area contributed by atoms with Gasteiger partial charge in [-0.15, -0.1) is 0 Å². The van der Waals surface area contributed by atoms with Gasteiger partial charge in [0, 0.05) is 18.9 Å². The van der Waals surface area contributed by atoms with Gasteiger partial charge in [0.15, 0.2) is 0 Å². The van der Waals surface area contributed by atoms with Crippen molar-refractivity contribution in [2.45, 2.75) is 6.42 Å². The number of hydrogen-bond donors (Lipinski definition) is 1. The predicted molar refractivity (Wildman–Crippen MR) is 57.8 cm³/mol. The Kier molecular flexibility index (Phi) is 3.37. The minimum absolute atomic E-state index is 0.0155. The van der Waals surface area contributed by atoms with Crippen molar-refractivity contribution in [1.82, 2.24) is 5.32 Å². The fraction of sp³-hybridized carbons (Fsp3) is 0.333. The molecule has 1 aliphatic heterocycles. The first-order valence-electron chi connectivity index (χ1n) is 5.35. The van der Waals surface area contributed by atoms with Gasteiger partial charge in [-0.25, -0.2) is 9.18 Å². The number of amides is 1. The minimum Gasteiger partial charge on any atom is -0.462 e. The first-order chi connectivity index (χ1) is 8.16. The fourth-order valence-electron chi connectivity index (χ4n) is 1.68. The lowest BCUT2D eigenvalue weighted by Gasteiger charge is -2.08. The SMILES string of the molecule is O=C1CC(COC(=O)c2ccccc2F)CN1. The maximum atomic E-state index is 13.2. The molecule has 1 unspecified atom stereocenters. The molecule has 0 saturated carbocycles. The van der Waals surface area contributed by atoms with Crippen LogP contribution < -0.4 is 5.32 Å². The van der Waals surface area contributed by atoms with E-state index in [1.807, 2.05) is 0 Å². The van der Waals surface area contributed by atoms with E-state index >= 15 is 0 Å². The molecule has 4 nitrogen and oxygen atoms in total. The molecule has 1 fully saturated rings. The van der Waals surface area contributed by atoms with Crippen LogP contribution in [0.25, 0.3) is 0 Å². The highest BCUT2D eigenvalue weighted by atomic mass is 19.1. The summed E-state index contributed by atoms with van der Waals surface area (Å²) in [6, 6.07) is 5.65. The number of nitrogens with one attached hydrogen (secondary N) is 1. The first kappa shape index (κ1) is 11.6. The van der Waals surface area contributed by atoms with E-state index in [1.165, 1.54) is 18.2 Å². The van der Waals surface area contributed by atoms with E-state index in [-0.39, 0.29) is 24.0 Å². The van der Waals surface area contributed by atoms with Crippen LogP contribution in [0.15, 0.2) is 24.3 Å². The van der Waals surface area contributed by atoms with Crippen molar-refractivity contribution in [2.75, 3.05) is 13.2 Å². The second-order valence-electron chi connectivity index (χ2n) is 3.95. The van der Waals surface area contributed by atoms with Gasteiger partial charge in [-0.2, -0.15) is 0 Å². The van der Waals surface area contributed by atoms with E-state index in [0.717, 1.165) is 0 Å². The maximum Gasteiger partial charge on any atom is 0.341 e. The molecule has 1 aromatic rings. The summed E-state index contributed by atoms with van der Waals surface area (Å²) < 4.78 is 18.2.